The van der Waals surface area contributed by atoms with Crippen LogP contribution in [0.2, 0.25) is 0 Å². The van der Waals surface area contributed by atoms with Gasteiger partial charge in [-0.3, -0.25) is 9.59 Å². The molecule has 1 saturated heterocycles. The summed E-state index contributed by atoms with van der Waals surface area (Å²) in [5.41, 5.74) is 1.37. The lowest BCUT2D eigenvalue weighted by atomic mass is 9.97. The van der Waals surface area contributed by atoms with Crippen LogP contribution in [0.1, 0.15) is 43.5 Å². The van der Waals surface area contributed by atoms with Gasteiger partial charge in [-0.1, -0.05) is 19.9 Å². The molecule has 1 saturated carbocycles. The maximum Gasteiger partial charge on any atom is 0.253 e. The monoisotopic (exact) mass is 330 g/mol. The first-order valence-electron chi connectivity index (χ1n) is 8.72. The smallest absolute Gasteiger partial charge is 0.253 e. The van der Waals surface area contributed by atoms with Crippen LogP contribution in [0.5, 0.6) is 0 Å². The van der Waals surface area contributed by atoms with E-state index in [4.69, 9.17) is 0 Å². The Morgan fingerprint density at radius 3 is 2.54 bits per heavy atom. The van der Waals surface area contributed by atoms with Gasteiger partial charge >= 0.3 is 0 Å². The van der Waals surface area contributed by atoms with Gasteiger partial charge in [-0.25, -0.2) is 0 Å². The fourth-order valence-corrected chi connectivity index (χ4v) is 3.38. The molecule has 5 nitrogen and oxygen atoms in total. The number of benzene rings is 1. The Morgan fingerprint density at radius 2 is 1.96 bits per heavy atom. The Labute approximate surface area is 143 Å². The molecule has 2 amide bonds. The molecule has 2 fully saturated rings. The van der Waals surface area contributed by atoms with Crippen molar-refractivity contribution in [3.8, 4) is 0 Å². The molecule has 3 rings (SSSR count). The molecule has 1 atom stereocenters. The van der Waals surface area contributed by atoms with E-state index in [1.165, 1.54) is 0 Å². The molecular weight excluding hydrogens is 304 g/mol. The van der Waals surface area contributed by atoms with Crippen LogP contribution in [-0.2, 0) is 4.79 Å². The number of amides is 2. The maximum absolute atomic E-state index is 12.6. The van der Waals surface area contributed by atoms with Crippen molar-refractivity contribution in [1.82, 2.24) is 4.90 Å². The molecule has 130 valence electrons. The number of carbonyl (C=O) groups excluding carboxylic acids is 2. The zero-order chi connectivity index (χ0) is 17.3. The van der Waals surface area contributed by atoms with E-state index in [0.29, 0.717) is 30.3 Å². The molecule has 1 unspecified atom stereocenters. The van der Waals surface area contributed by atoms with Gasteiger partial charge in [0.2, 0.25) is 5.91 Å². The number of nitrogens with one attached hydrogen (secondary N) is 1. The highest BCUT2D eigenvalue weighted by molar-refractivity contribution is 5.98. The fraction of sp³-hybridized carbons (Fsp3) is 0.579. The van der Waals surface area contributed by atoms with Gasteiger partial charge in [0.1, 0.15) is 0 Å². The molecule has 1 aromatic rings. The number of hydrogen-bond acceptors (Lipinski definition) is 3. The van der Waals surface area contributed by atoms with Crippen LogP contribution in [-0.4, -0.2) is 41.5 Å². The van der Waals surface area contributed by atoms with Crippen LogP contribution in [0.4, 0.5) is 5.69 Å². The minimum atomic E-state index is -0.00533. The molecule has 0 aromatic heterocycles. The summed E-state index contributed by atoms with van der Waals surface area (Å²) >= 11 is 0. The molecule has 2 aliphatic rings. The Bertz CT molecular complexity index is 633. The molecule has 0 radical (unpaired) electrons. The SMILES string of the molecule is CC1(C)CC1C(=O)Nc1cccc(C(=O)N2CCC(CO)CC2)c1. The van der Waals surface area contributed by atoms with Crippen molar-refractivity contribution in [3.05, 3.63) is 29.8 Å². The predicted octanol–water partition coefficient (Wildman–Crippen LogP) is 2.52. The van der Waals surface area contributed by atoms with Crippen molar-refractivity contribution in [2.45, 2.75) is 33.1 Å². The minimum absolute atomic E-state index is 0.00533. The first-order chi connectivity index (χ1) is 11.4. The number of aliphatic hydroxyl groups excluding tert-OH is 1. The predicted molar refractivity (Wildman–Crippen MR) is 92.7 cm³/mol. The first kappa shape index (κ1) is 17.0. The van der Waals surface area contributed by atoms with Crippen molar-refractivity contribution in [3.63, 3.8) is 0 Å². The highest BCUT2D eigenvalue weighted by Crippen LogP contribution is 2.51. The molecule has 0 bridgehead atoms. The first-order valence-corrected chi connectivity index (χ1v) is 8.72. The number of likely N-dealkylation sites (tertiary alicyclic amines) is 1. The summed E-state index contributed by atoms with van der Waals surface area (Å²) < 4.78 is 0. The standard InChI is InChI=1S/C19H26N2O3/c1-19(2)11-16(19)17(23)20-15-5-3-4-14(10-15)18(24)21-8-6-13(12-22)7-9-21/h3-5,10,13,16,22H,6-9,11-12H2,1-2H3,(H,20,23). The van der Waals surface area contributed by atoms with Gasteiger partial charge in [0.15, 0.2) is 0 Å². The summed E-state index contributed by atoms with van der Waals surface area (Å²) in [6.45, 7) is 5.73. The highest BCUT2D eigenvalue weighted by Gasteiger charge is 2.50. The summed E-state index contributed by atoms with van der Waals surface area (Å²) in [6, 6.07) is 7.17. The van der Waals surface area contributed by atoms with E-state index in [2.05, 4.69) is 19.2 Å². The Morgan fingerprint density at radius 1 is 1.29 bits per heavy atom. The molecular formula is C19H26N2O3. The van der Waals surface area contributed by atoms with E-state index >= 15 is 0 Å². The third kappa shape index (κ3) is 3.61. The normalized spacial score (nSPS) is 23.0. The minimum Gasteiger partial charge on any atom is -0.396 e. The van der Waals surface area contributed by atoms with Crippen LogP contribution >= 0.6 is 0 Å². The van der Waals surface area contributed by atoms with Crippen LogP contribution in [0.15, 0.2) is 24.3 Å². The third-order valence-corrected chi connectivity index (χ3v) is 5.37. The van der Waals surface area contributed by atoms with Crippen molar-refractivity contribution < 1.29 is 14.7 Å². The average Bonchev–Trinajstić information content (AvgIpc) is 3.23. The molecule has 1 heterocycles. The van der Waals surface area contributed by atoms with Crippen LogP contribution in [0.25, 0.3) is 0 Å². The van der Waals surface area contributed by atoms with Gasteiger partial charge < -0.3 is 15.3 Å². The zero-order valence-corrected chi connectivity index (χ0v) is 14.4. The molecule has 0 spiro atoms. The van der Waals surface area contributed by atoms with E-state index in [1.54, 1.807) is 18.2 Å². The van der Waals surface area contributed by atoms with Gasteiger partial charge in [-0.2, -0.15) is 0 Å². The number of anilines is 1. The summed E-state index contributed by atoms with van der Waals surface area (Å²) in [7, 11) is 0. The summed E-state index contributed by atoms with van der Waals surface area (Å²) in [5, 5.41) is 12.1. The molecule has 2 N–H and O–H groups in total. The van der Waals surface area contributed by atoms with Crippen LogP contribution < -0.4 is 5.32 Å². The van der Waals surface area contributed by atoms with Crippen molar-refractivity contribution in [2.24, 2.45) is 17.3 Å². The summed E-state index contributed by atoms with van der Waals surface area (Å²) in [6.07, 6.45) is 2.60. The van der Waals surface area contributed by atoms with Gasteiger partial charge in [0.25, 0.3) is 5.91 Å². The Balaban J connectivity index is 1.62. The number of nitrogens with zero attached hydrogens (tertiary/aromatic N) is 1. The van der Waals surface area contributed by atoms with E-state index in [1.807, 2.05) is 11.0 Å². The quantitative estimate of drug-likeness (QED) is 0.891. The zero-order valence-electron chi connectivity index (χ0n) is 14.4. The van der Waals surface area contributed by atoms with E-state index in [0.717, 1.165) is 19.3 Å². The molecule has 1 aromatic carbocycles. The van der Waals surface area contributed by atoms with E-state index < -0.39 is 0 Å². The van der Waals surface area contributed by atoms with Crippen molar-refractivity contribution >= 4 is 17.5 Å². The molecule has 5 heteroatoms. The number of piperidine rings is 1. The number of carbonyl (C=O) groups is 2. The third-order valence-electron chi connectivity index (χ3n) is 5.37. The lowest BCUT2D eigenvalue weighted by molar-refractivity contribution is -0.118. The topological polar surface area (TPSA) is 69.6 Å². The second-order valence-electron chi connectivity index (χ2n) is 7.73. The van der Waals surface area contributed by atoms with Crippen molar-refractivity contribution in [2.75, 3.05) is 25.0 Å². The molecule has 1 aliphatic carbocycles. The molecule has 1 aliphatic heterocycles. The Hall–Kier alpha value is -1.88. The van der Waals surface area contributed by atoms with Gasteiger partial charge in [0, 0.05) is 36.9 Å². The van der Waals surface area contributed by atoms with Gasteiger partial charge in [-0.15, -0.1) is 0 Å². The summed E-state index contributed by atoms with van der Waals surface area (Å²) in [5.74, 6) is 0.401. The van der Waals surface area contributed by atoms with Crippen LogP contribution in [0, 0.1) is 17.3 Å². The lowest BCUT2D eigenvalue weighted by Gasteiger charge is -2.31. The lowest BCUT2D eigenvalue weighted by Crippen LogP contribution is -2.39. The molecule has 24 heavy (non-hydrogen) atoms. The second kappa shape index (κ2) is 6.55. The second-order valence-corrected chi connectivity index (χ2v) is 7.73. The van der Waals surface area contributed by atoms with E-state index in [9.17, 15) is 14.7 Å². The fourth-order valence-electron chi connectivity index (χ4n) is 3.38. The largest absolute Gasteiger partial charge is 0.396 e. The van der Waals surface area contributed by atoms with Gasteiger partial charge in [0.05, 0.1) is 0 Å². The number of aliphatic hydroxyl groups is 1. The Kier molecular flexibility index (Phi) is 4.63. The highest BCUT2D eigenvalue weighted by atomic mass is 16.3. The van der Waals surface area contributed by atoms with Gasteiger partial charge in [-0.05, 0) is 48.8 Å². The van der Waals surface area contributed by atoms with E-state index in [-0.39, 0.29) is 29.8 Å². The maximum atomic E-state index is 12.6. The summed E-state index contributed by atoms with van der Waals surface area (Å²) in [4.78, 5) is 26.7. The van der Waals surface area contributed by atoms with Crippen LogP contribution in [0.3, 0.4) is 0 Å². The van der Waals surface area contributed by atoms with Crippen molar-refractivity contribution in [1.29, 1.82) is 0 Å². The number of hydrogen-bond donors (Lipinski definition) is 2. The number of rotatable bonds is 4. The average molecular weight is 330 g/mol.